The van der Waals surface area contributed by atoms with E-state index in [1.165, 1.54) is 0 Å². The Bertz CT molecular complexity index is 399. The smallest absolute Gasteiger partial charge is 0.384 e. The van der Waals surface area contributed by atoms with Crippen LogP contribution in [0.3, 0.4) is 0 Å². The van der Waals surface area contributed by atoms with Crippen LogP contribution in [0, 0.1) is 0 Å². The summed E-state index contributed by atoms with van der Waals surface area (Å²) in [6, 6.07) is 0. The van der Waals surface area contributed by atoms with E-state index in [0.29, 0.717) is 24.4 Å². The van der Waals surface area contributed by atoms with Crippen molar-refractivity contribution in [2.75, 3.05) is 6.61 Å². The number of hydrogen-bond acceptors (Lipinski definition) is 4. The third kappa shape index (κ3) is 2.46. The SMILES string of the molecule is CC1(C(O)c2cnc(C(F)(F)F)s2)CCCO1. The number of aliphatic hydroxyl groups is 1. The fourth-order valence-corrected chi connectivity index (χ4v) is 2.77. The summed E-state index contributed by atoms with van der Waals surface area (Å²) in [6.07, 6.45) is -3.00. The van der Waals surface area contributed by atoms with E-state index in [1.54, 1.807) is 6.92 Å². The number of alkyl halides is 3. The highest BCUT2D eigenvalue weighted by Gasteiger charge is 2.41. The zero-order valence-corrected chi connectivity index (χ0v) is 9.94. The van der Waals surface area contributed by atoms with Crippen molar-refractivity contribution in [1.82, 2.24) is 4.98 Å². The fourth-order valence-electron chi connectivity index (χ4n) is 1.86. The van der Waals surface area contributed by atoms with E-state index in [-0.39, 0.29) is 4.88 Å². The number of aliphatic hydroxyl groups excluding tert-OH is 1. The molecule has 2 unspecified atom stereocenters. The molecule has 1 aliphatic heterocycles. The molecular formula is C10H12F3NO2S. The summed E-state index contributed by atoms with van der Waals surface area (Å²) in [7, 11) is 0. The van der Waals surface area contributed by atoms with Gasteiger partial charge in [0.15, 0.2) is 5.01 Å². The molecule has 96 valence electrons. The van der Waals surface area contributed by atoms with Gasteiger partial charge in [-0.2, -0.15) is 13.2 Å². The van der Waals surface area contributed by atoms with Gasteiger partial charge >= 0.3 is 6.18 Å². The third-order valence-corrected chi connectivity index (χ3v) is 3.96. The zero-order valence-electron chi connectivity index (χ0n) is 9.12. The third-order valence-electron chi connectivity index (χ3n) is 2.86. The van der Waals surface area contributed by atoms with Crippen LogP contribution in [0.5, 0.6) is 0 Å². The average molecular weight is 267 g/mol. The molecule has 1 aliphatic rings. The predicted molar refractivity (Wildman–Crippen MR) is 55.7 cm³/mol. The van der Waals surface area contributed by atoms with E-state index in [4.69, 9.17) is 4.74 Å². The Kier molecular flexibility index (Phi) is 3.17. The molecule has 0 saturated carbocycles. The summed E-state index contributed by atoms with van der Waals surface area (Å²) in [6.45, 7) is 2.23. The Hall–Kier alpha value is -0.660. The summed E-state index contributed by atoms with van der Waals surface area (Å²) in [5.41, 5.74) is -0.796. The van der Waals surface area contributed by atoms with Gasteiger partial charge in [-0.25, -0.2) is 4.98 Å². The number of halogens is 3. The monoisotopic (exact) mass is 267 g/mol. The van der Waals surface area contributed by atoms with Crippen molar-refractivity contribution < 1.29 is 23.0 Å². The summed E-state index contributed by atoms with van der Waals surface area (Å²) in [4.78, 5) is 3.49. The van der Waals surface area contributed by atoms with Gasteiger partial charge in [-0.3, -0.25) is 0 Å². The van der Waals surface area contributed by atoms with E-state index in [9.17, 15) is 18.3 Å². The van der Waals surface area contributed by atoms with E-state index >= 15 is 0 Å². The summed E-state index contributed by atoms with van der Waals surface area (Å²) in [5, 5.41) is 9.10. The number of ether oxygens (including phenoxy) is 1. The molecule has 0 aliphatic carbocycles. The minimum Gasteiger partial charge on any atom is -0.384 e. The molecule has 0 aromatic carbocycles. The molecule has 1 aromatic heterocycles. The van der Waals surface area contributed by atoms with Crippen LogP contribution in [0.1, 0.15) is 35.8 Å². The second-order valence-electron chi connectivity index (χ2n) is 4.23. The van der Waals surface area contributed by atoms with Crippen molar-refractivity contribution >= 4 is 11.3 Å². The molecule has 0 radical (unpaired) electrons. The topological polar surface area (TPSA) is 42.4 Å². The largest absolute Gasteiger partial charge is 0.443 e. The van der Waals surface area contributed by atoms with Crippen molar-refractivity contribution in [3.8, 4) is 0 Å². The fraction of sp³-hybridized carbons (Fsp3) is 0.700. The molecular weight excluding hydrogens is 255 g/mol. The molecule has 2 heterocycles. The van der Waals surface area contributed by atoms with Gasteiger partial charge in [0.05, 0.1) is 10.5 Å². The van der Waals surface area contributed by atoms with Gasteiger partial charge < -0.3 is 9.84 Å². The Morgan fingerprint density at radius 1 is 1.59 bits per heavy atom. The number of aromatic nitrogens is 1. The molecule has 1 aromatic rings. The van der Waals surface area contributed by atoms with Crippen LogP contribution in [0.2, 0.25) is 0 Å². The first kappa shape index (κ1) is 12.8. The van der Waals surface area contributed by atoms with Crippen LogP contribution < -0.4 is 0 Å². The first-order valence-electron chi connectivity index (χ1n) is 5.18. The van der Waals surface area contributed by atoms with Gasteiger partial charge in [-0.05, 0) is 19.8 Å². The van der Waals surface area contributed by atoms with Crippen LogP contribution >= 0.6 is 11.3 Å². The maximum Gasteiger partial charge on any atom is 0.443 e. The lowest BCUT2D eigenvalue weighted by molar-refractivity contribution is -0.137. The number of nitrogens with zero attached hydrogens (tertiary/aromatic N) is 1. The summed E-state index contributed by atoms with van der Waals surface area (Å²) in [5.74, 6) is 0. The molecule has 1 N–H and O–H groups in total. The Balaban J connectivity index is 2.20. The van der Waals surface area contributed by atoms with E-state index in [1.807, 2.05) is 0 Å². The number of thiazole rings is 1. The minimum atomic E-state index is -4.46. The molecule has 7 heteroatoms. The van der Waals surface area contributed by atoms with Gasteiger partial charge in [0.25, 0.3) is 0 Å². The lowest BCUT2D eigenvalue weighted by Gasteiger charge is -2.28. The molecule has 2 rings (SSSR count). The molecule has 0 amide bonds. The molecule has 1 saturated heterocycles. The van der Waals surface area contributed by atoms with Crippen LogP contribution in [0.15, 0.2) is 6.20 Å². The molecule has 3 nitrogen and oxygen atoms in total. The van der Waals surface area contributed by atoms with Crippen LogP contribution in [0.4, 0.5) is 13.2 Å². The molecule has 2 atom stereocenters. The van der Waals surface area contributed by atoms with E-state index < -0.39 is 22.9 Å². The first-order chi connectivity index (χ1) is 7.83. The van der Waals surface area contributed by atoms with Crippen LogP contribution in [-0.2, 0) is 10.9 Å². The van der Waals surface area contributed by atoms with Crippen LogP contribution in [0.25, 0.3) is 0 Å². The molecule has 0 bridgehead atoms. The number of rotatable bonds is 2. The standard InChI is InChI=1S/C10H12F3NO2S/c1-9(3-2-4-16-9)7(15)6-5-14-8(17-6)10(11,12)13/h5,7,15H,2-4H2,1H3. The highest BCUT2D eigenvalue weighted by atomic mass is 32.1. The molecule has 17 heavy (non-hydrogen) atoms. The average Bonchev–Trinajstić information content (AvgIpc) is 2.84. The van der Waals surface area contributed by atoms with Crippen molar-refractivity contribution in [3.05, 3.63) is 16.1 Å². The minimum absolute atomic E-state index is 0.196. The Morgan fingerprint density at radius 3 is 2.76 bits per heavy atom. The van der Waals surface area contributed by atoms with Crippen LogP contribution in [-0.4, -0.2) is 22.3 Å². The van der Waals surface area contributed by atoms with Gasteiger partial charge in [0.2, 0.25) is 0 Å². The van der Waals surface area contributed by atoms with E-state index in [2.05, 4.69) is 4.98 Å². The summed E-state index contributed by atoms with van der Waals surface area (Å²) < 4.78 is 42.5. The predicted octanol–water partition coefficient (Wildman–Crippen LogP) is 2.76. The second-order valence-corrected chi connectivity index (χ2v) is 5.29. The zero-order chi connectivity index (χ0) is 12.7. The Morgan fingerprint density at radius 2 is 2.29 bits per heavy atom. The second kappa shape index (κ2) is 4.22. The highest BCUT2D eigenvalue weighted by molar-refractivity contribution is 7.11. The van der Waals surface area contributed by atoms with Gasteiger partial charge in [0, 0.05) is 12.8 Å². The number of hydrogen-bond donors (Lipinski definition) is 1. The van der Waals surface area contributed by atoms with Gasteiger partial charge in [0.1, 0.15) is 6.10 Å². The lowest BCUT2D eigenvalue weighted by Crippen LogP contribution is -2.31. The van der Waals surface area contributed by atoms with Crippen molar-refractivity contribution in [2.45, 2.75) is 37.6 Å². The lowest BCUT2D eigenvalue weighted by atomic mass is 9.95. The van der Waals surface area contributed by atoms with Gasteiger partial charge in [-0.15, -0.1) is 11.3 Å². The normalized spacial score (nSPS) is 27.4. The molecule has 1 fully saturated rings. The quantitative estimate of drug-likeness (QED) is 0.896. The van der Waals surface area contributed by atoms with Crippen molar-refractivity contribution in [3.63, 3.8) is 0 Å². The highest BCUT2D eigenvalue weighted by Crippen LogP contribution is 2.41. The van der Waals surface area contributed by atoms with Crippen molar-refractivity contribution in [2.24, 2.45) is 0 Å². The molecule has 0 spiro atoms. The maximum atomic E-state index is 12.4. The summed E-state index contributed by atoms with van der Waals surface area (Å²) >= 11 is 0.467. The first-order valence-corrected chi connectivity index (χ1v) is 5.99. The van der Waals surface area contributed by atoms with Crippen molar-refractivity contribution in [1.29, 1.82) is 0 Å². The van der Waals surface area contributed by atoms with E-state index in [0.717, 1.165) is 12.6 Å². The Labute approximate surface area is 100 Å². The maximum absolute atomic E-state index is 12.4. The van der Waals surface area contributed by atoms with Gasteiger partial charge in [-0.1, -0.05) is 0 Å².